The van der Waals surface area contributed by atoms with Crippen molar-refractivity contribution in [3.05, 3.63) is 35.4 Å². The fraction of sp³-hybridized carbons (Fsp3) is 0.273. The molecule has 1 rings (SSSR count). The zero-order valence-electron chi connectivity index (χ0n) is 8.73. The maximum atomic E-state index is 10.9. The summed E-state index contributed by atoms with van der Waals surface area (Å²) in [7, 11) is 0. The van der Waals surface area contributed by atoms with Crippen molar-refractivity contribution >= 4 is 11.7 Å². The molecule has 1 aromatic rings. The average molecular weight is 205 g/mol. The minimum atomic E-state index is 0.0859. The van der Waals surface area contributed by atoms with Gasteiger partial charge in [-0.3, -0.25) is 4.79 Å². The second-order valence-corrected chi connectivity index (χ2v) is 3.44. The van der Waals surface area contributed by atoms with Crippen molar-refractivity contribution in [2.75, 3.05) is 0 Å². The molecule has 1 aromatic carbocycles. The number of ketones is 1. The van der Waals surface area contributed by atoms with Gasteiger partial charge in [0.2, 0.25) is 0 Å². The molecule has 15 heavy (non-hydrogen) atoms. The Morgan fingerprint density at radius 2 is 1.73 bits per heavy atom. The Bertz CT molecular complexity index is 364. The van der Waals surface area contributed by atoms with Crippen LogP contribution < -0.4 is 11.5 Å². The topological polar surface area (TPSA) is 81.5 Å². The van der Waals surface area contributed by atoms with Crippen LogP contribution in [0.2, 0.25) is 0 Å². The Morgan fingerprint density at radius 1 is 1.20 bits per heavy atom. The number of aliphatic imine (C=N–C) groups is 1. The first kappa shape index (κ1) is 11.2. The molecule has 0 unspecified atom stereocenters. The lowest BCUT2D eigenvalue weighted by atomic mass is 10.1. The van der Waals surface area contributed by atoms with Gasteiger partial charge in [-0.25, -0.2) is 4.99 Å². The van der Waals surface area contributed by atoms with Crippen molar-refractivity contribution in [1.29, 1.82) is 0 Å². The van der Waals surface area contributed by atoms with E-state index >= 15 is 0 Å². The lowest BCUT2D eigenvalue weighted by Crippen LogP contribution is -2.22. The standard InChI is InChI=1S/C11H15N3O/c1-8(15)6-9-2-4-10(5-3-9)7-14-11(12)13/h2-5H,6-7H2,1H3,(H4,12,13,14). The summed E-state index contributed by atoms with van der Waals surface area (Å²) < 4.78 is 0. The van der Waals surface area contributed by atoms with Gasteiger partial charge < -0.3 is 11.5 Å². The van der Waals surface area contributed by atoms with Gasteiger partial charge >= 0.3 is 0 Å². The van der Waals surface area contributed by atoms with Crippen molar-refractivity contribution in [3.8, 4) is 0 Å². The summed E-state index contributed by atoms with van der Waals surface area (Å²) >= 11 is 0. The van der Waals surface area contributed by atoms with Crippen LogP contribution in [-0.4, -0.2) is 11.7 Å². The molecule has 0 saturated carbocycles. The Balaban J connectivity index is 2.64. The molecule has 0 aliphatic heterocycles. The van der Waals surface area contributed by atoms with Crippen LogP contribution >= 0.6 is 0 Å². The van der Waals surface area contributed by atoms with Crippen molar-refractivity contribution in [2.24, 2.45) is 16.5 Å². The van der Waals surface area contributed by atoms with Crippen LogP contribution in [0.25, 0.3) is 0 Å². The Morgan fingerprint density at radius 3 is 2.20 bits per heavy atom. The zero-order valence-corrected chi connectivity index (χ0v) is 8.73. The molecule has 0 bridgehead atoms. The second-order valence-electron chi connectivity index (χ2n) is 3.44. The summed E-state index contributed by atoms with van der Waals surface area (Å²) in [5.74, 6) is 0.245. The van der Waals surface area contributed by atoms with E-state index in [0.717, 1.165) is 11.1 Å². The molecular formula is C11H15N3O. The highest BCUT2D eigenvalue weighted by Crippen LogP contribution is 2.06. The van der Waals surface area contributed by atoms with Crippen LogP contribution in [0, 0.1) is 0 Å². The molecular weight excluding hydrogens is 190 g/mol. The van der Waals surface area contributed by atoms with Crippen LogP contribution in [0.5, 0.6) is 0 Å². The van der Waals surface area contributed by atoms with Gasteiger partial charge in [-0.2, -0.15) is 0 Å². The summed E-state index contributed by atoms with van der Waals surface area (Å²) in [6, 6.07) is 7.67. The van der Waals surface area contributed by atoms with Gasteiger partial charge in [0, 0.05) is 6.42 Å². The van der Waals surface area contributed by atoms with Crippen LogP contribution in [0.1, 0.15) is 18.1 Å². The molecule has 0 aliphatic rings. The molecule has 0 aromatic heterocycles. The van der Waals surface area contributed by atoms with E-state index in [1.54, 1.807) is 6.92 Å². The molecule has 0 fully saturated rings. The highest BCUT2D eigenvalue weighted by molar-refractivity contribution is 5.78. The molecule has 0 saturated heterocycles. The van der Waals surface area contributed by atoms with E-state index in [4.69, 9.17) is 11.5 Å². The van der Waals surface area contributed by atoms with E-state index in [1.165, 1.54) is 0 Å². The van der Waals surface area contributed by atoms with E-state index in [-0.39, 0.29) is 11.7 Å². The third kappa shape index (κ3) is 4.26. The first-order valence-electron chi connectivity index (χ1n) is 4.70. The number of carbonyl (C=O) groups excluding carboxylic acids is 1. The summed E-state index contributed by atoms with van der Waals surface area (Å²) in [5.41, 5.74) is 12.5. The summed E-state index contributed by atoms with van der Waals surface area (Å²) in [4.78, 5) is 14.7. The van der Waals surface area contributed by atoms with Gasteiger partial charge in [0.25, 0.3) is 0 Å². The van der Waals surface area contributed by atoms with Crippen LogP contribution in [-0.2, 0) is 17.8 Å². The third-order valence-electron chi connectivity index (χ3n) is 1.92. The highest BCUT2D eigenvalue weighted by Gasteiger charge is 1.97. The second kappa shape index (κ2) is 5.14. The molecule has 80 valence electrons. The smallest absolute Gasteiger partial charge is 0.186 e. The van der Waals surface area contributed by atoms with Gasteiger partial charge in [-0.05, 0) is 18.1 Å². The predicted octanol–water partition coefficient (Wildman–Crippen LogP) is 0.591. The fourth-order valence-corrected chi connectivity index (χ4v) is 1.23. The number of benzene rings is 1. The lowest BCUT2D eigenvalue weighted by molar-refractivity contribution is -0.116. The molecule has 4 heteroatoms. The molecule has 0 aliphatic carbocycles. The molecule has 0 atom stereocenters. The van der Waals surface area contributed by atoms with Crippen LogP contribution in [0.15, 0.2) is 29.3 Å². The molecule has 0 radical (unpaired) electrons. The van der Waals surface area contributed by atoms with Crippen molar-refractivity contribution in [2.45, 2.75) is 19.9 Å². The lowest BCUT2D eigenvalue weighted by Gasteiger charge is -2.00. The fourth-order valence-electron chi connectivity index (χ4n) is 1.23. The number of guanidine groups is 1. The van der Waals surface area contributed by atoms with Gasteiger partial charge in [0.1, 0.15) is 5.78 Å². The summed E-state index contributed by atoms with van der Waals surface area (Å²) in [6.45, 7) is 2.05. The normalized spacial score (nSPS) is 9.67. The largest absolute Gasteiger partial charge is 0.370 e. The molecule has 4 nitrogen and oxygen atoms in total. The number of hydrogen-bond donors (Lipinski definition) is 2. The van der Waals surface area contributed by atoms with E-state index < -0.39 is 0 Å². The SMILES string of the molecule is CC(=O)Cc1ccc(CN=C(N)N)cc1. The first-order valence-corrected chi connectivity index (χ1v) is 4.70. The van der Waals surface area contributed by atoms with E-state index in [0.29, 0.717) is 13.0 Å². The van der Waals surface area contributed by atoms with Crippen molar-refractivity contribution in [1.82, 2.24) is 0 Å². The monoisotopic (exact) mass is 205 g/mol. The van der Waals surface area contributed by atoms with Crippen LogP contribution in [0.3, 0.4) is 0 Å². The Kier molecular flexibility index (Phi) is 3.85. The number of hydrogen-bond acceptors (Lipinski definition) is 2. The number of Topliss-reactive ketones (excluding diaryl/α,β-unsaturated/α-hetero) is 1. The molecule has 0 spiro atoms. The number of rotatable bonds is 4. The maximum absolute atomic E-state index is 10.9. The minimum absolute atomic E-state index is 0.0859. The van der Waals surface area contributed by atoms with Crippen molar-refractivity contribution in [3.63, 3.8) is 0 Å². The molecule has 0 heterocycles. The zero-order chi connectivity index (χ0) is 11.3. The number of nitrogens with zero attached hydrogens (tertiary/aromatic N) is 1. The first-order chi connectivity index (χ1) is 7.08. The molecule has 4 N–H and O–H groups in total. The molecule has 0 amide bonds. The summed E-state index contributed by atoms with van der Waals surface area (Å²) in [5, 5.41) is 0. The van der Waals surface area contributed by atoms with E-state index in [9.17, 15) is 4.79 Å². The highest BCUT2D eigenvalue weighted by atomic mass is 16.1. The van der Waals surface area contributed by atoms with Gasteiger partial charge in [-0.15, -0.1) is 0 Å². The average Bonchev–Trinajstić information content (AvgIpc) is 2.16. The van der Waals surface area contributed by atoms with Crippen LogP contribution in [0.4, 0.5) is 0 Å². The minimum Gasteiger partial charge on any atom is -0.370 e. The quantitative estimate of drug-likeness (QED) is 0.557. The third-order valence-corrected chi connectivity index (χ3v) is 1.92. The Labute approximate surface area is 89.0 Å². The van der Waals surface area contributed by atoms with Gasteiger partial charge in [0.05, 0.1) is 6.54 Å². The summed E-state index contributed by atoms with van der Waals surface area (Å²) in [6.07, 6.45) is 0.475. The van der Waals surface area contributed by atoms with E-state index in [1.807, 2.05) is 24.3 Å². The van der Waals surface area contributed by atoms with Gasteiger partial charge in [-0.1, -0.05) is 24.3 Å². The maximum Gasteiger partial charge on any atom is 0.186 e. The predicted molar refractivity (Wildman–Crippen MR) is 60.3 cm³/mol. The number of carbonyl (C=O) groups is 1. The van der Waals surface area contributed by atoms with Crippen molar-refractivity contribution < 1.29 is 4.79 Å². The van der Waals surface area contributed by atoms with Gasteiger partial charge in [0.15, 0.2) is 5.96 Å². The van der Waals surface area contributed by atoms with E-state index in [2.05, 4.69) is 4.99 Å². The Hall–Kier alpha value is -1.84. The number of nitrogens with two attached hydrogens (primary N) is 2.